The number of rotatable bonds is 5. The Morgan fingerprint density at radius 2 is 2.21 bits per heavy atom. The fourth-order valence-electron chi connectivity index (χ4n) is 1.64. The number of H-pyrrole nitrogens is 1. The van der Waals surface area contributed by atoms with Crippen molar-refractivity contribution in [2.45, 2.75) is 6.54 Å². The Kier molecular flexibility index (Phi) is 4.02. The molecule has 2 aromatic rings. The van der Waals surface area contributed by atoms with Crippen LogP contribution in [-0.4, -0.2) is 30.3 Å². The smallest absolute Gasteiger partial charge is 0.255 e. The van der Waals surface area contributed by atoms with Gasteiger partial charge in [-0.15, -0.1) is 0 Å². The van der Waals surface area contributed by atoms with E-state index in [1.165, 1.54) is 7.11 Å². The van der Waals surface area contributed by atoms with Crippen molar-refractivity contribution in [1.82, 2.24) is 15.5 Å². The summed E-state index contributed by atoms with van der Waals surface area (Å²) in [5, 5.41) is 9.29. The van der Waals surface area contributed by atoms with Gasteiger partial charge in [-0.2, -0.15) is 5.10 Å². The molecule has 2 rings (SSSR count). The molecule has 0 bridgehead atoms. The quantitative estimate of drug-likeness (QED) is 0.852. The van der Waals surface area contributed by atoms with E-state index in [1.54, 1.807) is 37.7 Å². The molecular formula is C13H15N3O3. The van der Waals surface area contributed by atoms with Gasteiger partial charge >= 0.3 is 0 Å². The number of carbonyl (C=O) groups is 1. The molecule has 0 saturated heterocycles. The van der Waals surface area contributed by atoms with Crippen LogP contribution in [0.5, 0.6) is 11.5 Å². The normalized spacial score (nSPS) is 10.0. The Balaban J connectivity index is 2.09. The Hall–Kier alpha value is -2.50. The number of aromatic nitrogens is 2. The van der Waals surface area contributed by atoms with Gasteiger partial charge in [0.15, 0.2) is 0 Å². The monoisotopic (exact) mass is 261 g/mol. The lowest BCUT2D eigenvalue weighted by Crippen LogP contribution is -2.23. The van der Waals surface area contributed by atoms with Crippen LogP contribution >= 0.6 is 0 Å². The van der Waals surface area contributed by atoms with E-state index in [4.69, 9.17) is 9.47 Å². The number of aromatic amines is 1. The zero-order chi connectivity index (χ0) is 13.7. The molecule has 19 heavy (non-hydrogen) atoms. The molecule has 0 saturated carbocycles. The van der Waals surface area contributed by atoms with Crippen molar-refractivity contribution in [1.29, 1.82) is 0 Å². The van der Waals surface area contributed by atoms with Gasteiger partial charge < -0.3 is 14.8 Å². The van der Waals surface area contributed by atoms with Gasteiger partial charge in [-0.05, 0) is 12.1 Å². The van der Waals surface area contributed by atoms with Crippen molar-refractivity contribution < 1.29 is 14.3 Å². The molecule has 1 aromatic heterocycles. The molecule has 0 spiro atoms. The first-order valence-electron chi connectivity index (χ1n) is 5.72. The molecule has 100 valence electrons. The standard InChI is InChI=1S/C13H15N3O3/c1-18-10-3-4-11(12(5-10)19-2)13(17)14-6-9-7-15-16-8-9/h3-5,7-8H,6H2,1-2H3,(H,14,17)(H,15,16). The molecule has 0 aliphatic heterocycles. The fourth-order valence-corrected chi connectivity index (χ4v) is 1.64. The summed E-state index contributed by atoms with van der Waals surface area (Å²) in [5.41, 5.74) is 1.37. The van der Waals surface area contributed by atoms with E-state index in [0.29, 0.717) is 23.6 Å². The maximum absolute atomic E-state index is 12.1. The first-order valence-corrected chi connectivity index (χ1v) is 5.72. The van der Waals surface area contributed by atoms with Crippen molar-refractivity contribution in [3.05, 3.63) is 41.7 Å². The number of hydrogen-bond donors (Lipinski definition) is 2. The van der Waals surface area contributed by atoms with Crippen LogP contribution in [0.25, 0.3) is 0 Å². The molecule has 6 nitrogen and oxygen atoms in total. The highest BCUT2D eigenvalue weighted by molar-refractivity contribution is 5.97. The first-order chi connectivity index (χ1) is 9.24. The van der Waals surface area contributed by atoms with E-state index in [1.807, 2.05) is 0 Å². The van der Waals surface area contributed by atoms with Crippen molar-refractivity contribution >= 4 is 5.91 Å². The summed E-state index contributed by atoms with van der Waals surface area (Å²) >= 11 is 0. The number of carbonyl (C=O) groups excluding carboxylic acids is 1. The Morgan fingerprint density at radius 1 is 1.37 bits per heavy atom. The third kappa shape index (κ3) is 3.04. The van der Waals surface area contributed by atoms with Crippen LogP contribution in [0.4, 0.5) is 0 Å². The average molecular weight is 261 g/mol. The van der Waals surface area contributed by atoms with E-state index in [-0.39, 0.29) is 5.91 Å². The second-order valence-corrected chi connectivity index (χ2v) is 3.86. The van der Waals surface area contributed by atoms with Crippen molar-refractivity contribution in [2.24, 2.45) is 0 Å². The SMILES string of the molecule is COc1ccc(C(=O)NCc2cn[nH]c2)c(OC)c1. The zero-order valence-electron chi connectivity index (χ0n) is 10.8. The Morgan fingerprint density at radius 3 is 2.84 bits per heavy atom. The zero-order valence-corrected chi connectivity index (χ0v) is 10.8. The highest BCUT2D eigenvalue weighted by Gasteiger charge is 2.13. The molecule has 0 unspecified atom stereocenters. The summed E-state index contributed by atoms with van der Waals surface area (Å²) in [6, 6.07) is 5.06. The van der Waals surface area contributed by atoms with Gasteiger partial charge in [-0.1, -0.05) is 0 Å². The largest absolute Gasteiger partial charge is 0.497 e. The molecule has 0 atom stereocenters. The third-order valence-corrected chi connectivity index (χ3v) is 2.66. The summed E-state index contributed by atoms with van der Waals surface area (Å²) in [6.45, 7) is 0.407. The highest BCUT2D eigenvalue weighted by atomic mass is 16.5. The van der Waals surface area contributed by atoms with Gasteiger partial charge in [-0.25, -0.2) is 0 Å². The minimum atomic E-state index is -0.208. The van der Waals surface area contributed by atoms with Crippen LogP contribution in [0.2, 0.25) is 0 Å². The molecule has 1 heterocycles. The molecule has 0 aliphatic rings. The summed E-state index contributed by atoms with van der Waals surface area (Å²) in [7, 11) is 3.08. The van der Waals surface area contributed by atoms with Crippen molar-refractivity contribution in [2.75, 3.05) is 14.2 Å². The number of amides is 1. The highest BCUT2D eigenvalue weighted by Crippen LogP contribution is 2.24. The molecule has 6 heteroatoms. The maximum Gasteiger partial charge on any atom is 0.255 e. The summed E-state index contributed by atoms with van der Waals surface area (Å²) < 4.78 is 10.3. The minimum absolute atomic E-state index is 0.208. The number of benzene rings is 1. The fraction of sp³-hybridized carbons (Fsp3) is 0.231. The lowest BCUT2D eigenvalue weighted by atomic mass is 10.1. The number of hydrogen-bond acceptors (Lipinski definition) is 4. The minimum Gasteiger partial charge on any atom is -0.497 e. The molecule has 0 fully saturated rings. The lowest BCUT2D eigenvalue weighted by molar-refractivity contribution is 0.0948. The van der Waals surface area contributed by atoms with Crippen molar-refractivity contribution in [3.63, 3.8) is 0 Å². The van der Waals surface area contributed by atoms with Gasteiger partial charge in [-0.3, -0.25) is 9.89 Å². The lowest BCUT2D eigenvalue weighted by Gasteiger charge is -2.10. The van der Waals surface area contributed by atoms with Crippen LogP contribution in [0, 0.1) is 0 Å². The average Bonchev–Trinajstić information content (AvgIpc) is 2.97. The van der Waals surface area contributed by atoms with Crippen LogP contribution in [0.3, 0.4) is 0 Å². The number of methoxy groups -OCH3 is 2. The molecule has 0 radical (unpaired) electrons. The van der Waals surface area contributed by atoms with E-state index < -0.39 is 0 Å². The third-order valence-electron chi connectivity index (χ3n) is 2.66. The van der Waals surface area contributed by atoms with Crippen LogP contribution < -0.4 is 14.8 Å². The maximum atomic E-state index is 12.1. The van der Waals surface area contributed by atoms with E-state index in [9.17, 15) is 4.79 Å². The van der Waals surface area contributed by atoms with Gasteiger partial charge in [0.1, 0.15) is 11.5 Å². The number of nitrogens with zero attached hydrogens (tertiary/aromatic N) is 1. The molecular weight excluding hydrogens is 246 g/mol. The first kappa shape index (κ1) is 12.9. The van der Waals surface area contributed by atoms with Gasteiger partial charge in [0.05, 0.1) is 26.0 Å². The Labute approximate surface area is 110 Å². The van der Waals surface area contributed by atoms with Crippen LogP contribution in [0.1, 0.15) is 15.9 Å². The summed E-state index contributed by atoms with van der Waals surface area (Å²) in [5.74, 6) is 0.910. The predicted octanol–water partition coefficient (Wildman–Crippen LogP) is 1.36. The van der Waals surface area contributed by atoms with Crippen LogP contribution in [-0.2, 0) is 6.54 Å². The van der Waals surface area contributed by atoms with E-state index in [2.05, 4.69) is 15.5 Å². The van der Waals surface area contributed by atoms with Gasteiger partial charge in [0.25, 0.3) is 5.91 Å². The van der Waals surface area contributed by atoms with E-state index >= 15 is 0 Å². The number of nitrogens with one attached hydrogen (secondary N) is 2. The second kappa shape index (κ2) is 5.90. The van der Waals surface area contributed by atoms with Gasteiger partial charge in [0, 0.05) is 24.4 Å². The number of ether oxygens (including phenoxy) is 2. The Bertz CT molecular complexity index is 552. The van der Waals surface area contributed by atoms with Crippen molar-refractivity contribution in [3.8, 4) is 11.5 Å². The van der Waals surface area contributed by atoms with E-state index in [0.717, 1.165) is 5.56 Å². The topological polar surface area (TPSA) is 76.2 Å². The molecule has 0 aliphatic carbocycles. The van der Waals surface area contributed by atoms with Gasteiger partial charge in [0.2, 0.25) is 0 Å². The predicted molar refractivity (Wildman–Crippen MR) is 69.3 cm³/mol. The molecule has 1 aromatic carbocycles. The molecule has 2 N–H and O–H groups in total. The molecule has 1 amide bonds. The van der Waals surface area contributed by atoms with Crippen LogP contribution in [0.15, 0.2) is 30.6 Å². The summed E-state index contributed by atoms with van der Waals surface area (Å²) in [6.07, 6.45) is 3.39. The second-order valence-electron chi connectivity index (χ2n) is 3.86. The summed E-state index contributed by atoms with van der Waals surface area (Å²) in [4.78, 5) is 12.1.